The molecule has 0 aliphatic heterocycles. The van der Waals surface area contributed by atoms with E-state index < -0.39 is 11.9 Å². The van der Waals surface area contributed by atoms with E-state index in [9.17, 15) is 0 Å². The van der Waals surface area contributed by atoms with Gasteiger partial charge in [-0.25, -0.2) is 0 Å². The SMILES string of the molecule is [Ce+3].[Ce+3].[O-]C([O-])([O-])C([O-])([O-])[O-]. The van der Waals surface area contributed by atoms with Crippen LogP contribution in [-0.4, -0.2) is 11.9 Å². The molecule has 52 valence electrons. The van der Waals surface area contributed by atoms with Crippen LogP contribution in [0.2, 0.25) is 0 Å². The Labute approximate surface area is 124 Å². The Morgan fingerprint density at radius 2 is 0.600 bits per heavy atom. The van der Waals surface area contributed by atoms with Crippen molar-refractivity contribution in [2.75, 3.05) is 0 Å². The first-order valence-corrected chi connectivity index (χ1v) is 1.47. The van der Waals surface area contributed by atoms with Crippen LogP contribution in [-0.2, 0) is 0 Å². The Hall–Kier alpha value is 2.51. The maximum Gasteiger partial charge on any atom is 3.00 e. The van der Waals surface area contributed by atoms with E-state index in [1.165, 1.54) is 0 Å². The van der Waals surface area contributed by atoms with E-state index in [1.54, 1.807) is 0 Å². The predicted octanol–water partition coefficient (Wildman–Crippen LogP) is -7.54. The molecule has 0 rings (SSSR count). The molecule has 8 heteroatoms. The zero-order valence-corrected chi connectivity index (χ0v) is 10.7. The molecule has 6 nitrogen and oxygen atoms in total. The summed E-state index contributed by atoms with van der Waals surface area (Å²) in [4.78, 5) is 0. The molecule has 0 bridgehead atoms. The quantitative estimate of drug-likeness (QED) is 0.401. The van der Waals surface area contributed by atoms with E-state index in [-0.39, 0.29) is 83.5 Å². The van der Waals surface area contributed by atoms with Gasteiger partial charge in [0.15, 0.2) is 0 Å². The third kappa shape index (κ3) is 7.18. The summed E-state index contributed by atoms with van der Waals surface area (Å²) < 4.78 is 0. The molecule has 0 atom stereocenters. The molecule has 0 aliphatic rings. The van der Waals surface area contributed by atoms with Crippen molar-refractivity contribution in [1.82, 2.24) is 0 Å². The van der Waals surface area contributed by atoms with Gasteiger partial charge in [-0.1, -0.05) is 0 Å². The van der Waals surface area contributed by atoms with E-state index >= 15 is 0 Å². The van der Waals surface area contributed by atoms with Crippen molar-refractivity contribution in [1.29, 1.82) is 0 Å². The van der Waals surface area contributed by atoms with Crippen LogP contribution in [0, 0.1) is 83.5 Å². The van der Waals surface area contributed by atoms with Crippen molar-refractivity contribution in [2.24, 2.45) is 0 Å². The first-order valence-electron chi connectivity index (χ1n) is 1.47. The summed E-state index contributed by atoms with van der Waals surface area (Å²) in [6.45, 7) is 0. The van der Waals surface area contributed by atoms with E-state index in [1.807, 2.05) is 0 Å². The maximum absolute atomic E-state index is 9.08. The smallest absolute Gasteiger partial charge is 0.879 e. The maximum atomic E-state index is 9.08. The van der Waals surface area contributed by atoms with Gasteiger partial charge in [-0.15, -0.1) is 0 Å². The Balaban J connectivity index is -0.000000245. The van der Waals surface area contributed by atoms with Crippen LogP contribution in [0.5, 0.6) is 0 Å². The van der Waals surface area contributed by atoms with E-state index in [0.717, 1.165) is 0 Å². The van der Waals surface area contributed by atoms with Gasteiger partial charge in [0, 0.05) is 0 Å². The van der Waals surface area contributed by atoms with E-state index in [0.29, 0.717) is 0 Å². The molecule has 0 aliphatic carbocycles. The van der Waals surface area contributed by atoms with Crippen molar-refractivity contribution < 1.29 is 114 Å². The minimum Gasteiger partial charge on any atom is -0.879 e. The Kier molecular flexibility index (Phi) is 11.1. The average molecular weight is 400 g/mol. The zero-order valence-electron chi connectivity index (χ0n) is 4.45. The first kappa shape index (κ1) is 18.3. The molecule has 0 heterocycles. The van der Waals surface area contributed by atoms with Gasteiger partial charge in [0.25, 0.3) is 0 Å². The second kappa shape index (κ2) is 6.04. The molecule has 0 saturated heterocycles. The summed E-state index contributed by atoms with van der Waals surface area (Å²) in [7, 11) is 0. The van der Waals surface area contributed by atoms with E-state index in [4.69, 9.17) is 30.6 Å². The van der Waals surface area contributed by atoms with E-state index in [2.05, 4.69) is 0 Å². The minimum atomic E-state index is -4.98. The van der Waals surface area contributed by atoms with Crippen LogP contribution in [0.4, 0.5) is 0 Å². The second-order valence-electron chi connectivity index (χ2n) is 1.11. The molecule has 0 aromatic rings. The van der Waals surface area contributed by atoms with Crippen LogP contribution in [0.25, 0.3) is 0 Å². The van der Waals surface area contributed by atoms with Crippen molar-refractivity contribution in [3.63, 3.8) is 0 Å². The topological polar surface area (TPSA) is 138 Å². The molecular formula is C2Ce2O6. The van der Waals surface area contributed by atoms with Crippen LogP contribution in [0.3, 0.4) is 0 Å². The number of rotatable bonds is 1. The summed E-state index contributed by atoms with van der Waals surface area (Å²) in [5, 5.41) is 54.5. The molecule has 0 fully saturated rings. The fourth-order valence-electron chi connectivity index (χ4n) is 0. The largest absolute Gasteiger partial charge is 3.00 e. The summed E-state index contributed by atoms with van der Waals surface area (Å²) in [6, 6.07) is 0. The molecule has 0 amide bonds. The van der Waals surface area contributed by atoms with Crippen molar-refractivity contribution in [2.45, 2.75) is 11.9 Å². The van der Waals surface area contributed by atoms with Gasteiger partial charge in [-0.05, 0) is 0 Å². The van der Waals surface area contributed by atoms with Crippen molar-refractivity contribution in [3.8, 4) is 0 Å². The summed E-state index contributed by atoms with van der Waals surface area (Å²) in [5.41, 5.74) is 0. The molecule has 0 spiro atoms. The average Bonchev–Trinajstić information content (AvgIpc) is 1.25. The number of hydrogen-bond acceptors (Lipinski definition) is 6. The minimum absolute atomic E-state index is 0. The third-order valence-corrected chi connectivity index (χ3v) is 0.375. The fourth-order valence-corrected chi connectivity index (χ4v) is 0. The van der Waals surface area contributed by atoms with Gasteiger partial charge in [0.1, 0.15) is 0 Å². The van der Waals surface area contributed by atoms with Gasteiger partial charge >= 0.3 is 83.5 Å². The van der Waals surface area contributed by atoms with Gasteiger partial charge in [0.05, 0.1) is 0 Å². The summed E-state index contributed by atoms with van der Waals surface area (Å²) in [5.74, 6) is -9.96. The standard InChI is InChI=1S/C2O6.2Ce/c3-1(4,5)2(6,7)8;;/q-6;2*+3. The fraction of sp³-hybridized carbons (Fsp3) is 1.00. The Morgan fingerprint density at radius 3 is 0.600 bits per heavy atom. The van der Waals surface area contributed by atoms with Gasteiger partial charge in [0.2, 0.25) is 0 Å². The van der Waals surface area contributed by atoms with Gasteiger partial charge in [-0.3, -0.25) is 0 Å². The Bertz CT molecular complexity index is 68.7. The monoisotopic (exact) mass is 400 g/mol. The molecule has 0 saturated carbocycles. The zero-order chi connectivity index (χ0) is 7.00. The second-order valence-corrected chi connectivity index (χ2v) is 1.11. The van der Waals surface area contributed by atoms with Crippen LogP contribution in [0.1, 0.15) is 0 Å². The molecule has 0 N–H and O–H groups in total. The predicted molar refractivity (Wildman–Crippen MR) is 5.46 cm³/mol. The van der Waals surface area contributed by atoms with Crippen LogP contribution < -0.4 is 30.6 Å². The molecule has 0 aromatic heterocycles. The molecule has 0 unspecified atom stereocenters. The van der Waals surface area contributed by atoms with Crippen LogP contribution in [0.15, 0.2) is 0 Å². The summed E-state index contributed by atoms with van der Waals surface area (Å²) in [6.07, 6.45) is 0. The first-order chi connectivity index (χ1) is 3.25. The normalized spacial score (nSPS) is 11.4. The van der Waals surface area contributed by atoms with Gasteiger partial charge < -0.3 is 42.6 Å². The van der Waals surface area contributed by atoms with Crippen LogP contribution >= 0.6 is 0 Å². The molecule has 10 heavy (non-hydrogen) atoms. The Morgan fingerprint density at radius 1 is 0.500 bits per heavy atom. The van der Waals surface area contributed by atoms with Crippen molar-refractivity contribution >= 4 is 0 Å². The molecule has 0 aromatic carbocycles. The number of hydrogen-bond donors (Lipinski definition) is 0. The molecular weight excluding hydrogens is 400 g/mol. The third-order valence-electron chi connectivity index (χ3n) is 0.375. The molecule has 2 radical (unpaired) electrons. The van der Waals surface area contributed by atoms with Gasteiger partial charge in [-0.2, -0.15) is 0 Å². The summed E-state index contributed by atoms with van der Waals surface area (Å²) >= 11 is 0. The van der Waals surface area contributed by atoms with Crippen molar-refractivity contribution in [3.05, 3.63) is 0 Å².